The molecule has 18 heavy (non-hydrogen) atoms. The predicted octanol–water partition coefficient (Wildman–Crippen LogP) is 4.26. The van der Waals surface area contributed by atoms with Crippen LogP contribution < -0.4 is 11.1 Å². The molecule has 0 saturated carbocycles. The van der Waals surface area contributed by atoms with Gasteiger partial charge in [0.25, 0.3) is 0 Å². The number of nitrogen functional groups attached to an aromatic ring is 1. The van der Waals surface area contributed by atoms with E-state index in [1.165, 1.54) is 16.7 Å². The first-order valence-corrected chi connectivity index (χ1v) is 6.70. The third-order valence-corrected chi connectivity index (χ3v) is 3.48. The second kappa shape index (κ2) is 5.44. The summed E-state index contributed by atoms with van der Waals surface area (Å²) in [5.41, 5.74) is 11.5. The number of rotatable bonds is 3. The molecular formula is C15H17BrN2. The molecular weight excluding hydrogens is 288 g/mol. The zero-order chi connectivity index (χ0) is 13.1. The summed E-state index contributed by atoms with van der Waals surface area (Å²) in [4.78, 5) is 0. The lowest BCUT2D eigenvalue weighted by Gasteiger charge is -2.12. The van der Waals surface area contributed by atoms with Gasteiger partial charge in [-0.3, -0.25) is 0 Å². The molecule has 0 radical (unpaired) electrons. The van der Waals surface area contributed by atoms with Crippen LogP contribution in [0, 0.1) is 13.8 Å². The Kier molecular flexibility index (Phi) is 3.92. The second-order valence-corrected chi connectivity index (χ2v) is 5.43. The fourth-order valence-corrected chi connectivity index (χ4v) is 2.25. The molecule has 3 N–H and O–H groups in total. The summed E-state index contributed by atoms with van der Waals surface area (Å²) in [6.07, 6.45) is 0. The number of nitrogens with two attached hydrogens (primary N) is 1. The Hall–Kier alpha value is -1.48. The average molecular weight is 305 g/mol. The second-order valence-electron chi connectivity index (χ2n) is 4.52. The van der Waals surface area contributed by atoms with E-state index in [1.54, 1.807) is 0 Å². The zero-order valence-corrected chi connectivity index (χ0v) is 12.2. The molecule has 0 aliphatic rings. The number of hydrogen-bond donors (Lipinski definition) is 2. The molecule has 0 saturated heterocycles. The topological polar surface area (TPSA) is 38.0 Å². The Bertz CT molecular complexity index is 513. The van der Waals surface area contributed by atoms with E-state index in [1.807, 2.05) is 12.1 Å². The molecule has 0 fully saturated rings. The summed E-state index contributed by atoms with van der Waals surface area (Å²) in [5, 5.41) is 3.39. The number of aryl methyl sites for hydroxylation is 2. The molecule has 2 aromatic rings. The molecule has 0 amide bonds. The smallest absolute Gasteiger partial charge is 0.0579 e. The van der Waals surface area contributed by atoms with Gasteiger partial charge in [0.1, 0.15) is 0 Å². The monoisotopic (exact) mass is 304 g/mol. The van der Waals surface area contributed by atoms with Gasteiger partial charge >= 0.3 is 0 Å². The summed E-state index contributed by atoms with van der Waals surface area (Å²) >= 11 is 3.50. The molecule has 0 aliphatic heterocycles. The van der Waals surface area contributed by atoms with Crippen molar-refractivity contribution in [2.45, 2.75) is 20.4 Å². The normalized spacial score (nSPS) is 10.4. The first kappa shape index (κ1) is 13.0. The summed E-state index contributed by atoms with van der Waals surface area (Å²) in [6, 6.07) is 12.3. The van der Waals surface area contributed by atoms with Crippen molar-refractivity contribution >= 4 is 27.3 Å². The van der Waals surface area contributed by atoms with Crippen molar-refractivity contribution < 1.29 is 0 Å². The number of benzene rings is 2. The summed E-state index contributed by atoms with van der Waals surface area (Å²) in [6.45, 7) is 4.96. The number of halogens is 1. The van der Waals surface area contributed by atoms with Gasteiger partial charge in [-0.15, -0.1) is 0 Å². The van der Waals surface area contributed by atoms with Crippen molar-refractivity contribution in [2.24, 2.45) is 0 Å². The van der Waals surface area contributed by atoms with Crippen LogP contribution in [0.2, 0.25) is 0 Å². The average Bonchev–Trinajstić information content (AvgIpc) is 2.34. The van der Waals surface area contributed by atoms with Gasteiger partial charge in [0.15, 0.2) is 0 Å². The van der Waals surface area contributed by atoms with Crippen LogP contribution in [0.15, 0.2) is 40.9 Å². The van der Waals surface area contributed by atoms with E-state index < -0.39 is 0 Å². The molecule has 3 heteroatoms. The van der Waals surface area contributed by atoms with E-state index >= 15 is 0 Å². The first-order valence-electron chi connectivity index (χ1n) is 5.91. The first-order chi connectivity index (χ1) is 8.56. The van der Waals surface area contributed by atoms with Gasteiger partial charge in [0.05, 0.1) is 11.4 Å². The van der Waals surface area contributed by atoms with Crippen molar-refractivity contribution in [2.75, 3.05) is 11.1 Å². The summed E-state index contributed by atoms with van der Waals surface area (Å²) < 4.78 is 1.10. The fraction of sp³-hybridized carbons (Fsp3) is 0.200. The molecule has 0 aliphatic carbocycles. The Balaban J connectivity index is 2.16. The van der Waals surface area contributed by atoms with E-state index in [9.17, 15) is 0 Å². The molecule has 0 heterocycles. The van der Waals surface area contributed by atoms with Crippen LogP contribution in [-0.4, -0.2) is 0 Å². The number of anilines is 2. The zero-order valence-electron chi connectivity index (χ0n) is 10.6. The Labute approximate surface area is 116 Å². The van der Waals surface area contributed by atoms with Gasteiger partial charge < -0.3 is 11.1 Å². The van der Waals surface area contributed by atoms with Crippen LogP contribution in [0.1, 0.15) is 16.7 Å². The standard InChI is InChI=1S/C15H17BrN2/c1-10-3-6-14(17)15(7-10)18-9-12-8-13(16)5-4-11(12)2/h3-8,18H,9,17H2,1-2H3. The number of hydrogen-bond acceptors (Lipinski definition) is 2. The highest BCUT2D eigenvalue weighted by molar-refractivity contribution is 9.10. The third-order valence-electron chi connectivity index (χ3n) is 2.99. The van der Waals surface area contributed by atoms with Gasteiger partial charge in [0.2, 0.25) is 0 Å². The van der Waals surface area contributed by atoms with Crippen LogP contribution in [0.3, 0.4) is 0 Å². The maximum Gasteiger partial charge on any atom is 0.0579 e. The van der Waals surface area contributed by atoms with Crippen LogP contribution in [0.5, 0.6) is 0 Å². The quantitative estimate of drug-likeness (QED) is 0.832. The molecule has 0 spiro atoms. The maximum absolute atomic E-state index is 5.95. The lowest BCUT2D eigenvalue weighted by molar-refractivity contribution is 1.11. The fourth-order valence-electron chi connectivity index (χ4n) is 1.84. The molecule has 2 nitrogen and oxygen atoms in total. The third kappa shape index (κ3) is 3.05. The van der Waals surface area contributed by atoms with Gasteiger partial charge in [-0.2, -0.15) is 0 Å². The predicted molar refractivity (Wildman–Crippen MR) is 81.8 cm³/mol. The van der Waals surface area contributed by atoms with Gasteiger partial charge in [0, 0.05) is 11.0 Å². The van der Waals surface area contributed by atoms with E-state index in [0.717, 1.165) is 22.4 Å². The minimum atomic E-state index is 0.777. The van der Waals surface area contributed by atoms with Crippen LogP contribution in [0.4, 0.5) is 11.4 Å². The van der Waals surface area contributed by atoms with Crippen molar-refractivity contribution in [3.63, 3.8) is 0 Å². The highest BCUT2D eigenvalue weighted by Gasteiger charge is 2.02. The largest absolute Gasteiger partial charge is 0.397 e. The lowest BCUT2D eigenvalue weighted by Crippen LogP contribution is -2.04. The SMILES string of the molecule is Cc1ccc(N)c(NCc2cc(Br)ccc2C)c1. The van der Waals surface area contributed by atoms with Gasteiger partial charge in [-0.05, 0) is 54.8 Å². The molecule has 0 atom stereocenters. The summed E-state index contributed by atoms with van der Waals surface area (Å²) in [5.74, 6) is 0. The van der Waals surface area contributed by atoms with Crippen LogP contribution in [-0.2, 0) is 6.54 Å². The van der Waals surface area contributed by atoms with Crippen molar-refractivity contribution in [3.05, 3.63) is 57.6 Å². The maximum atomic E-state index is 5.95. The number of nitrogens with one attached hydrogen (secondary N) is 1. The van der Waals surface area contributed by atoms with Crippen LogP contribution >= 0.6 is 15.9 Å². The highest BCUT2D eigenvalue weighted by Crippen LogP contribution is 2.22. The molecule has 0 unspecified atom stereocenters. The molecule has 0 bridgehead atoms. The van der Waals surface area contributed by atoms with E-state index in [2.05, 4.69) is 59.4 Å². The highest BCUT2D eigenvalue weighted by atomic mass is 79.9. The Morgan fingerprint density at radius 3 is 2.67 bits per heavy atom. The molecule has 2 rings (SSSR count). The van der Waals surface area contributed by atoms with Crippen molar-refractivity contribution in [3.8, 4) is 0 Å². The Morgan fingerprint density at radius 1 is 1.11 bits per heavy atom. The molecule has 2 aromatic carbocycles. The lowest BCUT2D eigenvalue weighted by atomic mass is 10.1. The van der Waals surface area contributed by atoms with Gasteiger partial charge in [-0.1, -0.05) is 28.1 Å². The van der Waals surface area contributed by atoms with Gasteiger partial charge in [-0.25, -0.2) is 0 Å². The van der Waals surface area contributed by atoms with E-state index in [4.69, 9.17) is 5.73 Å². The van der Waals surface area contributed by atoms with E-state index in [0.29, 0.717) is 0 Å². The minimum Gasteiger partial charge on any atom is -0.397 e. The minimum absolute atomic E-state index is 0.777. The molecule has 94 valence electrons. The Morgan fingerprint density at radius 2 is 1.89 bits per heavy atom. The van der Waals surface area contributed by atoms with Crippen LogP contribution in [0.25, 0.3) is 0 Å². The van der Waals surface area contributed by atoms with Crippen molar-refractivity contribution in [1.82, 2.24) is 0 Å². The van der Waals surface area contributed by atoms with E-state index in [-0.39, 0.29) is 0 Å². The summed E-state index contributed by atoms with van der Waals surface area (Å²) in [7, 11) is 0. The molecule has 0 aromatic heterocycles. The van der Waals surface area contributed by atoms with Crippen molar-refractivity contribution in [1.29, 1.82) is 0 Å².